The van der Waals surface area contributed by atoms with Gasteiger partial charge in [0.25, 0.3) is 0 Å². The molecular weight excluding hydrogens is 512 g/mol. The predicted octanol–water partition coefficient (Wildman–Crippen LogP) is 2.72. The Hall–Kier alpha value is -4.93. The van der Waals surface area contributed by atoms with E-state index in [-0.39, 0.29) is 23.7 Å². The van der Waals surface area contributed by atoms with Crippen LogP contribution in [0.1, 0.15) is 19.8 Å². The molecule has 0 saturated heterocycles. The highest BCUT2D eigenvalue weighted by Crippen LogP contribution is 2.18. The fourth-order valence-corrected chi connectivity index (χ4v) is 3.14. The van der Waals surface area contributed by atoms with Crippen molar-refractivity contribution in [3.05, 3.63) is 58.5 Å². The Morgan fingerprint density at radius 3 is 1.65 bits per heavy atom. The molecular formula is C21H21N6O9S+. The predicted molar refractivity (Wildman–Crippen MR) is 127 cm³/mol. The second kappa shape index (κ2) is 13.8. The molecule has 2 unspecified atom stereocenters. The van der Waals surface area contributed by atoms with Crippen molar-refractivity contribution in [3.8, 4) is 0 Å². The number of carboxylic acids is 2. The Morgan fingerprint density at radius 2 is 1.30 bits per heavy atom. The first-order valence-corrected chi connectivity index (χ1v) is 11.6. The topological polar surface area (TPSA) is 246 Å². The Kier molecular flexibility index (Phi) is 11.3. The van der Waals surface area contributed by atoms with E-state index < -0.39 is 45.6 Å². The van der Waals surface area contributed by atoms with Crippen LogP contribution in [-0.4, -0.2) is 52.2 Å². The molecule has 37 heavy (non-hydrogen) atoms. The smallest absolute Gasteiger partial charge is 0.385 e. The molecule has 0 bridgehead atoms. The number of diazo groups is 2. The molecule has 0 aliphatic carbocycles. The van der Waals surface area contributed by atoms with Gasteiger partial charge in [0.15, 0.2) is 15.2 Å². The molecule has 0 radical (unpaired) electrons. The first-order chi connectivity index (χ1) is 17.3. The van der Waals surface area contributed by atoms with Gasteiger partial charge in [-0.2, -0.15) is 0 Å². The van der Waals surface area contributed by atoms with Crippen LogP contribution in [0, 0.1) is 16.7 Å². The van der Waals surface area contributed by atoms with Crippen molar-refractivity contribution >= 4 is 56.6 Å². The first kappa shape index (κ1) is 30.1. The van der Waals surface area contributed by atoms with E-state index in [0.717, 1.165) is 0 Å². The van der Waals surface area contributed by atoms with Gasteiger partial charge in [-0.15, -0.1) is 0 Å². The van der Waals surface area contributed by atoms with E-state index in [1.54, 1.807) is 19.1 Å². The van der Waals surface area contributed by atoms with E-state index in [1.807, 2.05) is 0 Å². The van der Waals surface area contributed by atoms with Gasteiger partial charge in [-0.1, -0.05) is 6.92 Å². The molecule has 2 atom stereocenters. The van der Waals surface area contributed by atoms with Crippen LogP contribution in [0.15, 0.2) is 48.5 Å². The summed E-state index contributed by atoms with van der Waals surface area (Å²) < 4.78 is 32.1. The highest BCUT2D eigenvalue weighted by atomic mass is 32.2. The van der Waals surface area contributed by atoms with Gasteiger partial charge < -0.3 is 25.4 Å². The Bertz CT molecular complexity index is 1330. The number of carbonyl (C=O) groups excluding carboxylic acids is 2. The molecule has 0 aliphatic rings. The lowest BCUT2D eigenvalue weighted by Gasteiger charge is -2.15. The molecule has 2 amide bonds. The lowest BCUT2D eigenvalue weighted by atomic mass is 10.1. The van der Waals surface area contributed by atoms with Crippen LogP contribution in [0.2, 0.25) is 0 Å². The number of carbonyl (C=O) groups is 4. The number of carboxylic acid groups (broad SMARTS) is 2. The zero-order valence-corrected chi connectivity index (χ0v) is 20.0. The van der Waals surface area contributed by atoms with Crippen LogP contribution in [0.4, 0.5) is 22.7 Å². The zero-order valence-electron chi connectivity index (χ0n) is 19.1. The molecule has 0 aromatic heterocycles. The van der Waals surface area contributed by atoms with Crippen LogP contribution in [0.3, 0.4) is 0 Å². The minimum Gasteiger partial charge on any atom is -0.747 e. The first-order valence-electron chi connectivity index (χ1n) is 10.2. The molecule has 16 heteroatoms. The van der Waals surface area contributed by atoms with Crippen LogP contribution < -0.4 is 10.6 Å². The second-order valence-corrected chi connectivity index (χ2v) is 8.91. The highest BCUT2D eigenvalue weighted by Gasteiger charge is 2.27. The molecule has 0 spiro atoms. The SMILES string of the molecule is CC(CC(=O)O)C(=O)Nc1ccc([N+]#N)cc1.N#[N+]c1ccc(NC(=O)CC(C(=O)O)S(=O)(=O)[O-])cc1. The summed E-state index contributed by atoms with van der Waals surface area (Å²) in [6.45, 7) is 1.54. The fraction of sp³-hybridized carbons (Fsp3) is 0.238. The zero-order chi connectivity index (χ0) is 28.2. The standard InChI is InChI=1S/C11H11N3O3.C10H9N3O6S/c1-7(6-10(15)16)11(17)13-8-2-4-9(14-12)5-3-8;11-13-7-3-1-6(2-4-7)12-9(14)5-8(10(15)16)20(17,18)19/h2-5,7H,6H2,1H3,(H-,13,15,16,17);1-4,8H,5H2,(H2-,12,14,15,16,17,18,19)/p+1. The molecule has 15 nitrogen and oxygen atoms in total. The summed E-state index contributed by atoms with van der Waals surface area (Å²) in [5.41, 5.74) is 1.37. The largest absolute Gasteiger partial charge is 0.747 e. The Labute approximate surface area is 210 Å². The van der Waals surface area contributed by atoms with Gasteiger partial charge in [-0.3, -0.25) is 19.2 Å². The fourth-order valence-electron chi connectivity index (χ4n) is 2.54. The lowest BCUT2D eigenvalue weighted by Crippen LogP contribution is -2.34. The molecule has 0 saturated carbocycles. The second-order valence-electron chi connectivity index (χ2n) is 7.35. The summed E-state index contributed by atoms with van der Waals surface area (Å²) in [5, 5.41) is 36.5. The van der Waals surface area contributed by atoms with Crippen LogP contribution in [0.5, 0.6) is 0 Å². The summed E-state index contributed by atoms with van der Waals surface area (Å²) in [6.07, 6.45) is -1.21. The van der Waals surface area contributed by atoms with Gasteiger partial charge in [-0.05, 0) is 24.3 Å². The molecule has 4 N–H and O–H groups in total. The normalized spacial score (nSPS) is 11.8. The van der Waals surface area contributed by atoms with Crippen LogP contribution in [0.25, 0.3) is 9.95 Å². The molecule has 0 fully saturated rings. The molecule has 2 rings (SSSR count). The molecule has 2 aromatic rings. The van der Waals surface area contributed by atoms with Gasteiger partial charge in [-0.25, -0.2) is 8.42 Å². The Balaban J connectivity index is 0.000000375. The molecule has 0 heterocycles. The van der Waals surface area contributed by atoms with Crippen molar-refractivity contribution in [2.75, 3.05) is 10.6 Å². The van der Waals surface area contributed by atoms with Crippen LogP contribution >= 0.6 is 0 Å². The van der Waals surface area contributed by atoms with E-state index in [4.69, 9.17) is 21.0 Å². The van der Waals surface area contributed by atoms with Crippen molar-refractivity contribution in [1.29, 1.82) is 10.8 Å². The number of hydrogen-bond acceptors (Lipinski definition) is 9. The average Bonchev–Trinajstić information content (AvgIpc) is 2.82. The van der Waals surface area contributed by atoms with Crippen molar-refractivity contribution in [2.24, 2.45) is 5.92 Å². The highest BCUT2D eigenvalue weighted by molar-refractivity contribution is 7.87. The van der Waals surface area contributed by atoms with E-state index in [0.29, 0.717) is 11.4 Å². The Morgan fingerprint density at radius 1 is 0.865 bits per heavy atom. The molecule has 2 aromatic carbocycles. The number of amides is 2. The van der Waals surface area contributed by atoms with Crippen molar-refractivity contribution in [1.82, 2.24) is 0 Å². The maximum atomic E-state index is 11.6. The van der Waals surface area contributed by atoms with Crippen LogP contribution in [-0.2, 0) is 29.3 Å². The number of nitrogens with one attached hydrogen (secondary N) is 2. The number of nitrogens with zero attached hydrogens (tertiary/aromatic N) is 4. The number of rotatable bonds is 9. The maximum Gasteiger partial charge on any atom is 0.385 e. The van der Waals surface area contributed by atoms with E-state index >= 15 is 0 Å². The third kappa shape index (κ3) is 10.9. The van der Waals surface area contributed by atoms with Gasteiger partial charge >= 0.3 is 23.3 Å². The number of aliphatic carboxylic acids is 2. The van der Waals surface area contributed by atoms with Crippen molar-refractivity contribution in [2.45, 2.75) is 25.0 Å². The van der Waals surface area contributed by atoms with Gasteiger partial charge in [0, 0.05) is 41.6 Å². The van der Waals surface area contributed by atoms with Crippen molar-refractivity contribution < 1.29 is 42.4 Å². The summed E-state index contributed by atoms with van der Waals surface area (Å²) in [5.74, 6) is -4.80. The average molecular weight is 533 g/mol. The van der Waals surface area contributed by atoms with E-state index in [2.05, 4.69) is 20.6 Å². The van der Waals surface area contributed by atoms with Gasteiger partial charge in [0.1, 0.15) is 10.1 Å². The van der Waals surface area contributed by atoms with Crippen molar-refractivity contribution in [3.63, 3.8) is 0 Å². The monoisotopic (exact) mass is 533 g/mol. The maximum absolute atomic E-state index is 11.6. The molecule has 0 aliphatic heterocycles. The number of anilines is 2. The summed E-state index contributed by atoms with van der Waals surface area (Å²) in [7, 11) is -5.12. The van der Waals surface area contributed by atoms with Gasteiger partial charge in [0.05, 0.1) is 12.8 Å². The quantitative estimate of drug-likeness (QED) is 0.269. The molecule has 194 valence electrons. The minimum atomic E-state index is -5.12. The summed E-state index contributed by atoms with van der Waals surface area (Å²) in [6, 6.07) is 11.6. The number of benzene rings is 2. The minimum absolute atomic E-state index is 0.212. The third-order valence-corrected chi connectivity index (χ3v) is 5.51. The van der Waals surface area contributed by atoms with E-state index in [1.165, 1.54) is 36.4 Å². The summed E-state index contributed by atoms with van der Waals surface area (Å²) >= 11 is 0. The van der Waals surface area contributed by atoms with E-state index in [9.17, 15) is 32.1 Å². The third-order valence-electron chi connectivity index (χ3n) is 4.44. The number of hydrogen-bond donors (Lipinski definition) is 4. The summed E-state index contributed by atoms with van der Waals surface area (Å²) in [4.78, 5) is 49.9. The van der Waals surface area contributed by atoms with Gasteiger partial charge in [0.2, 0.25) is 22.6 Å². The lowest BCUT2D eigenvalue weighted by molar-refractivity contribution is -0.140.